The number of nitrogens with two attached hydrogens (primary N) is 1. The van der Waals surface area contributed by atoms with E-state index in [1.54, 1.807) is 12.3 Å². The van der Waals surface area contributed by atoms with Gasteiger partial charge in [0, 0.05) is 23.9 Å². The van der Waals surface area contributed by atoms with Gasteiger partial charge in [-0.1, -0.05) is 19.9 Å². The average molecular weight is 388 g/mol. The van der Waals surface area contributed by atoms with Crippen LogP contribution in [0.5, 0.6) is 0 Å². The Morgan fingerprint density at radius 2 is 2.04 bits per heavy atom. The molecule has 0 atom stereocenters. The molecule has 142 valence electrons. The monoisotopic (exact) mass is 388 g/mol. The maximum Gasteiger partial charge on any atom is 0.279 e. The molecular formula is C17H20N6O3S. The molecule has 3 aromatic heterocycles. The topological polar surface area (TPSA) is 125 Å². The van der Waals surface area contributed by atoms with Crippen molar-refractivity contribution >= 4 is 15.8 Å². The fourth-order valence-corrected chi connectivity index (χ4v) is 3.40. The first-order valence-corrected chi connectivity index (χ1v) is 10.3. The van der Waals surface area contributed by atoms with Crippen LogP contribution in [0.4, 0.5) is 0 Å². The summed E-state index contributed by atoms with van der Waals surface area (Å²) in [4.78, 5) is 21.2. The molecule has 1 saturated carbocycles. The molecule has 0 radical (unpaired) electrons. The Labute approximate surface area is 155 Å². The van der Waals surface area contributed by atoms with Crippen molar-refractivity contribution in [3.63, 3.8) is 0 Å². The highest BCUT2D eigenvalue weighted by atomic mass is 32.2. The van der Waals surface area contributed by atoms with E-state index >= 15 is 0 Å². The molecule has 0 bridgehead atoms. The summed E-state index contributed by atoms with van der Waals surface area (Å²) in [5.74, 6) is 1.53. The molecule has 9 nitrogen and oxygen atoms in total. The first kappa shape index (κ1) is 17.8. The lowest BCUT2D eigenvalue weighted by molar-refractivity contribution is 0.594. The van der Waals surface area contributed by atoms with Crippen LogP contribution in [0.1, 0.15) is 55.5 Å². The number of fused-ring (bicyclic) bond motifs is 1. The summed E-state index contributed by atoms with van der Waals surface area (Å²) in [6.07, 6.45) is 5.34. The molecule has 3 aromatic rings. The first-order valence-electron chi connectivity index (χ1n) is 8.72. The molecule has 3 heterocycles. The normalized spacial score (nSPS) is 15.0. The van der Waals surface area contributed by atoms with Gasteiger partial charge < -0.3 is 4.57 Å². The number of nitrogens with zero attached hydrogens (tertiary/aromatic N) is 5. The number of hydrogen-bond acceptors (Lipinski definition) is 6. The van der Waals surface area contributed by atoms with Crippen LogP contribution in [-0.4, -0.2) is 32.6 Å². The number of aromatic nitrogens is 5. The lowest BCUT2D eigenvalue weighted by Gasteiger charge is -2.12. The molecule has 0 spiro atoms. The van der Waals surface area contributed by atoms with Crippen molar-refractivity contribution in [1.29, 1.82) is 0 Å². The molecule has 0 aromatic carbocycles. The molecule has 4 rings (SSSR count). The SMILES string of the molecule is CC(C)c1cn(Cc2ccc(S(N)(=O)=O)nc2)c2nc(C3CC3)nn2c1=O. The summed E-state index contributed by atoms with van der Waals surface area (Å²) >= 11 is 0. The standard InChI is InChI=1S/C17H20N6O3S/c1-10(2)13-9-22(8-11-3-6-14(19-7-11)27(18,25)26)17-20-15(12-4-5-12)21-23(17)16(13)24/h3,6-7,9-10,12H,4-5,8H2,1-2H3,(H2,18,25,26). The minimum atomic E-state index is -3.84. The minimum absolute atomic E-state index is 0.0320. The Hall–Kier alpha value is -2.59. The third-order valence-electron chi connectivity index (χ3n) is 4.60. The predicted molar refractivity (Wildman–Crippen MR) is 98.0 cm³/mol. The molecule has 27 heavy (non-hydrogen) atoms. The summed E-state index contributed by atoms with van der Waals surface area (Å²) in [6.45, 7) is 4.28. The Morgan fingerprint density at radius 1 is 1.30 bits per heavy atom. The van der Waals surface area contributed by atoms with Crippen LogP contribution in [0.25, 0.3) is 5.78 Å². The predicted octanol–water partition coefficient (Wildman–Crippen LogP) is 0.983. The van der Waals surface area contributed by atoms with Crippen molar-refractivity contribution in [2.45, 2.75) is 50.1 Å². The third kappa shape index (κ3) is 3.37. The number of sulfonamides is 1. The summed E-state index contributed by atoms with van der Waals surface area (Å²) in [5, 5.41) is 9.33. The third-order valence-corrected chi connectivity index (χ3v) is 5.43. The molecule has 1 fully saturated rings. The van der Waals surface area contributed by atoms with Gasteiger partial charge >= 0.3 is 0 Å². The number of rotatable bonds is 5. The second kappa shape index (κ2) is 6.24. The largest absolute Gasteiger partial charge is 0.312 e. The van der Waals surface area contributed by atoms with E-state index in [9.17, 15) is 13.2 Å². The van der Waals surface area contributed by atoms with Crippen LogP contribution in [-0.2, 0) is 16.6 Å². The van der Waals surface area contributed by atoms with Crippen LogP contribution in [0, 0.1) is 0 Å². The maximum atomic E-state index is 12.7. The highest BCUT2D eigenvalue weighted by molar-refractivity contribution is 7.89. The number of hydrogen-bond donors (Lipinski definition) is 1. The lowest BCUT2D eigenvalue weighted by atomic mass is 10.1. The zero-order chi connectivity index (χ0) is 19.3. The highest BCUT2D eigenvalue weighted by Crippen LogP contribution is 2.38. The fraction of sp³-hybridized carbons (Fsp3) is 0.412. The molecule has 1 aliphatic carbocycles. The van der Waals surface area contributed by atoms with Crippen LogP contribution >= 0.6 is 0 Å². The summed E-state index contributed by atoms with van der Waals surface area (Å²) < 4.78 is 25.9. The first-order chi connectivity index (χ1) is 12.7. The summed E-state index contributed by atoms with van der Waals surface area (Å²) in [7, 11) is -3.84. The Bertz CT molecular complexity index is 1170. The van der Waals surface area contributed by atoms with E-state index in [1.807, 2.05) is 18.4 Å². The Kier molecular flexibility index (Phi) is 4.11. The van der Waals surface area contributed by atoms with Gasteiger partial charge in [-0.3, -0.25) is 4.79 Å². The van der Waals surface area contributed by atoms with Crippen molar-refractivity contribution in [2.24, 2.45) is 5.14 Å². The zero-order valence-corrected chi connectivity index (χ0v) is 15.8. The average Bonchev–Trinajstić information content (AvgIpc) is 3.35. The molecule has 1 aliphatic rings. The van der Waals surface area contributed by atoms with Crippen molar-refractivity contribution in [1.82, 2.24) is 24.1 Å². The van der Waals surface area contributed by atoms with Crippen LogP contribution in [0.3, 0.4) is 0 Å². The fourth-order valence-electron chi connectivity index (χ4n) is 2.94. The van der Waals surface area contributed by atoms with E-state index < -0.39 is 10.0 Å². The van der Waals surface area contributed by atoms with E-state index in [4.69, 9.17) is 5.14 Å². The Morgan fingerprint density at radius 3 is 2.59 bits per heavy atom. The van der Waals surface area contributed by atoms with Crippen molar-refractivity contribution in [2.75, 3.05) is 0 Å². The quantitative estimate of drug-likeness (QED) is 0.694. The van der Waals surface area contributed by atoms with Gasteiger partial charge in [-0.2, -0.15) is 9.50 Å². The van der Waals surface area contributed by atoms with Gasteiger partial charge in [-0.05, 0) is 30.4 Å². The van der Waals surface area contributed by atoms with Crippen molar-refractivity contribution in [3.05, 3.63) is 51.8 Å². The van der Waals surface area contributed by atoms with Gasteiger partial charge in [0.05, 0.1) is 6.54 Å². The van der Waals surface area contributed by atoms with Crippen molar-refractivity contribution < 1.29 is 8.42 Å². The van der Waals surface area contributed by atoms with E-state index in [2.05, 4.69) is 15.1 Å². The van der Waals surface area contributed by atoms with E-state index in [0.717, 1.165) is 18.4 Å². The summed E-state index contributed by atoms with van der Waals surface area (Å²) in [6, 6.07) is 3.02. The molecule has 10 heteroatoms. The Balaban J connectivity index is 1.80. The molecule has 0 unspecified atom stereocenters. The highest BCUT2D eigenvalue weighted by Gasteiger charge is 2.29. The summed E-state index contributed by atoms with van der Waals surface area (Å²) in [5.41, 5.74) is 1.25. The number of pyridine rings is 1. The van der Waals surface area contributed by atoms with Crippen LogP contribution in [0.2, 0.25) is 0 Å². The smallest absolute Gasteiger partial charge is 0.279 e. The van der Waals surface area contributed by atoms with E-state index in [-0.39, 0.29) is 16.5 Å². The van der Waals surface area contributed by atoms with Gasteiger partial charge in [0.15, 0.2) is 10.9 Å². The van der Waals surface area contributed by atoms with Gasteiger partial charge in [0.1, 0.15) is 0 Å². The van der Waals surface area contributed by atoms with Crippen LogP contribution < -0.4 is 10.7 Å². The van der Waals surface area contributed by atoms with E-state index in [0.29, 0.717) is 29.6 Å². The van der Waals surface area contributed by atoms with Crippen LogP contribution in [0.15, 0.2) is 34.3 Å². The van der Waals surface area contributed by atoms with Crippen molar-refractivity contribution in [3.8, 4) is 0 Å². The lowest BCUT2D eigenvalue weighted by Crippen LogP contribution is -2.24. The molecular weight excluding hydrogens is 368 g/mol. The van der Waals surface area contributed by atoms with Gasteiger partial charge in [0.2, 0.25) is 5.78 Å². The molecule has 0 aliphatic heterocycles. The maximum absolute atomic E-state index is 12.7. The number of primary sulfonamides is 1. The molecule has 0 saturated heterocycles. The minimum Gasteiger partial charge on any atom is -0.312 e. The molecule has 0 amide bonds. The van der Waals surface area contributed by atoms with Gasteiger partial charge in [-0.15, -0.1) is 5.10 Å². The second-order valence-corrected chi connectivity index (χ2v) is 8.69. The molecule has 2 N–H and O–H groups in total. The van der Waals surface area contributed by atoms with Gasteiger partial charge in [0.25, 0.3) is 15.6 Å². The van der Waals surface area contributed by atoms with Gasteiger partial charge in [-0.25, -0.2) is 18.5 Å². The second-order valence-electron chi connectivity index (χ2n) is 7.18. The zero-order valence-electron chi connectivity index (χ0n) is 15.0. The van der Waals surface area contributed by atoms with E-state index in [1.165, 1.54) is 16.8 Å².